The fourth-order valence-corrected chi connectivity index (χ4v) is 1.25. The van der Waals surface area contributed by atoms with Gasteiger partial charge in [0.25, 0.3) is 11.8 Å². The largest absolute Gasteiger partial charge is 0.271 e. The molecule has 2 N–H and O–H groups in total. The van der Waals surface area contributed by atoms with Crippen LogP contribution in [0.1, 0.15) is 20.7 Å². The zero-order valence-electron chi connectivity index (χ0n) is 9.33. The second-order valence-corrected chi connectivity index (χ2v) is 3.39. The fourth-order valence-electron chi connectivity index (χ4n) is 1.25. The molecular weight excluding hydrogens is 232 g/mol. The van der Waals surface area contributed by atoms with Crippen molar-refractivity contribution in [3.8, 4) is 0 Å². The van der Waals surface area contributed by atoms with Gasteiger partial charge < -0.3 is 0 Å². The summed E-state index contributed by atoms with van der Waals surface area (Å²) in [5, 5.41) is 0. The zero-order chi connectivity index (χ0) is 12.8. The molecule has 0 aromatic carbocycles. The number of carbonyl (C=O) groups is 2. The lowest BCUT2D eigenvalue weighted by molar-refractivity contribution is 0.0846. The van der Waals surface area contributed by atoms with Gasteiger partial charge in [-0.25, -0.2) is 0 Å². The van der Waals surface area contributed by atoms with Gasteiger partial charge in [0, 0.05) is 24.8 Å². The average molecular weight is 242 g/mol. The van der Waals surface area contributed by atoms with Crippen molar-refractivity contribution in [2.75, 3.05) is 0 Å². The topological polar surface area (TPSA) is 84.0 Å². The van der Waals surface area contributed by atoms with Crippen LogP contribution in [0.25, 0.3) is 0 Å². The Bertz CT molecular complexity index is 491. The lowest BCUT2D eigenvalue weighted by atomic mass is 10.3. The van der Waals surface area contributed by atoms with Crippen molar-refractivity contribution in [3.63, 3.8) is 0 Å². The molecule has 0 saturated heterocycles. The molecule has 0 unspecified atom stereocenters. The van der Waals surface area contributed by atoms with Crippen molar-refractivity contribution in [2.24, 2.45) is 0 Å². The van der Waals surface area contributed by atoms with E-state index in [0.717, 1.165) is 0 Å². The van der Waals surface area contributed by atoms with Crippen LogP contribution in [0.4, 0.5) is 0 Å². The zero-order valence-corrected chi connectivity index (χ0v) is 9.33. The van der Waals surface area contributed by atoms with E-state index in [4.69, 9.17) is 0 Å². The molecule has 0 bridgehead atoms. The summed E-state index contributed by atoms with van der Waals surface area (Å²) < 4.78 is 0. The number of hydrazine groups is 1. The SMILES string of the molecule is O=C(NNC(=O)c1cccnc1)c1cccnc1. The van der Waals surface area contributed by atoms with Crippen LogP contribution in [0.3, 0.4) is 0 Å². The summed E-state index contributed by atoms with van der Waals surface area (Å²) in [7, 11) is 0. The van der Waals surface area contributed by atoms with Crippen LogP contribution in [0, 0.1) is 0 Å². The Balaban J connectivity index is 1.93. The Kier molecular flexibility index (Phi) is 3.60. The highest BCUT2D eigenvalue weighted by Crippen LogP contribution is 1.96. The predicted molar refractivity (Wildman–Crippen MR) is 63.4 cm³/mol. The van der Waals surface area contributed by atoms with Crippen LogP contribution in [0.5, 0.6) is 0 Å². The highest BCUT2D eigenvalue weighted by atomic mass is 16.2. The summed E-state index contributed by atoms with van der Waals surface area (Å²) in [6.07, 6.45) is 5.94. The number of hydrogen-bond acceptors (Lipinski definition) is 4. The molecule has 2 amide bonds. The predicted octanol–water partition coefficient (Wildman–Crippen LogP) is 0.551. The van der Waals surface area contributed by atoms with Crippen LogP contribution in [0.2, 0.25) is 0 Å². The van der Waals surface area contributed by atoms with Gasteiger partial charge in [0.1, 0.15) is 0 Å². The number of pyridine rings is 2. The van der Waals surface area contributed by atoms with Gasteiger partial charge in [-0.05, 0) is 24.3 Å². The van der Waals surface area contributed by atoms with Gasteiger partial charge in [-0.3, -0.25) is 30.4 Å². The van der Waals surface area contributed by atoms with Crippen LogP contribution < -0.4 is 10.9 Å². The van der Waals surface area contributed by atoms with E-state index in [1.807, 2.05) is 0 Å². The molecule has 6 nitrogen and oxygen atoms in total. The molecule has 2 aromatic heterocycles. The summed E-state index contributed by atoms with van der Waals surface area (Å²) >= 11 is 0. The van der Waals surface area contributed by atoms with E-state index in [0.29, 0.717) is 11.1 Å². The molecule has 0 spiro atoms. The molecule has 0 aliphatic carbocycles. The molecule has 0 aliphatic rings. The van der Waals surface area contributed by atoms with E-state index in [2.05, 4.69) is 20.8 Å². The Morgan fingerprint density at radius 2 is 1.28 bits per heavy atom. The molecule has 0 fully saturated rings. The minimum atomic E-state index is -0.430. The van der Waals surface area contributed by atoms with Crippen molar-refractivity contribution in [3.05, 3.63) is 60.2 Å². The smallest absolute Gasteiger partial charge is 0.267 e. The average Bonchev–Trinajstić information content (AvgIpc) is 2.46. The molecule has 0 radical (unpaired) electrons. The van der Waals surface area contributed by atoms with Crippen molar-refractivity contribution in [2.45, 2.75) is 0 Å². The van der Waals surface area contributed by atoms with E-state index in [-0.39, 0.29) is 0 Å². The van der Waals surface area contributed by atoms with Crippen molar-refractivity contribution in [1.29, 1.82) is 0 Å². The maximum absolute atomic E-state index is 11.6. The fraction of sp³-hybridized carbons (Fsp3) is 0. The summed E-state index contributed by atoms with van der Waals surface area (Å²) in [5.74, 6) is -0.860. The number of rotatable bonds is 2. The standard InChI is InChI=1S/C12H10N4O2/c17-11(9-3-1-5-13-7-9)15-16-12(18)10-4-2-6-14-8-10/h1-8H,(H,15,17)(H,16,18). The first-order chi connectivity index (χ1) is 8.77. The van der Waals surface area contributed by atoms with E-state index in [1.165, 1.54) is 12.4 Å². The van der Waals surface area contributed by atoms with Gasteiger partial charge in [0.2, 0.25) is 0 Å². The highest BCUT2D eigenvalue weighted by Gasteiger charge is 2.08. The van der Waals surface area contributed by atoms with Crippen LogP contribution in [-0.2, 0) is 0 Å². The number of carbonyl (C=O) groups excluding carboxylic acids is 2. The van der Waals surface area contributed by atoms with Crippen molar-refractivity contribution in [1.82, 2.24) is 20.8 Å². The summed E-state index contributed by atoms with van der Waals surface area (Å²) in [6.45, 7) is 0. The van der Waals surface area contributed by atoms with Gasteiger partial charge in [0.05, 0.1) is 11.1 Å². The van der Waals surface area contributed by atoms with E-state index in [9.17, 15) is 9.59 Å². The minimum absolute atomic E-state index is 0.365. The molecule has 90 valence electrons. The van der Waals surface area contributed by atoms with Gasteiger partial charge in [-0.1, -0.05) is 0 Å². The van der Waals surface area contributed by atoms with Crippen LogP contribution >= 0.6 is 0 Å². The van der Waals surface area contributed by atoms with E-state index in [1.54, 1.807) is 36.7 Å². The third-order valence-corrected chi connectivity index (χ3v) is 2.14. The van der Waals surface area contributed by atoms with Crippen molar-refractivity contribution < 1.29 is 9.59 Å². The second-order valence-electron chi connectivity index (χ2n) is 3.39. The molecule has 2 aromatic rings. The van der Waals surface area contributed by atoms with Crippen LogP contribution in [-0.4, -0.2) is 21.8 Å². The third-order valence-electron chi connectivity index (χ3n) is 2.14. The summed E-state index contributed by atoms with van der Waals surface area (Å²) in [4.78, 5) is 30.8. The van der Waals surface area contributed by atoms with Gasteiger partial charge >= 0.3 is 0 Å². The molecule has 0 saturated carbocycles. The molecule has 18 heavy (non-hydrogen) atoms. The first kappa shape index (κ1) is 11.7. The summed E-state index contributed by atoms with van der Waals surface area (Å²) in [6, 6.07) is 6.47. The summed E-state index contributed by atoms with van der Waals surface area (Å²) in [5.41, 5.74) is 5.31. The first-order valence-electron chi connectivity index (χ1n) is 5.18. The molecule has 0 aliphatic heterocycles. The number of nitrogens with zero attached hydrogens (tertiary/aromatic N) is 2. The number of hydrogen-bond donors (Lipinski definition) is 2. The maximum Gasteiger partial charge on any atom is 0.271 e. The monoisotopic (exact) mass is 242 g/mol. The maximum atomic E-state index is 11.6. The van der Waals surface area contributed by atoms with Crippen LogP contribution in [0.15, 0.2) is 49.1 Å². The molecule has 0 atom stereocenters. The Morgan fingerprint density at radius 1 is 0.833 bits per heavy atom. The van der Waals surface area contributed by atoms with Crippen molar-refractivity contribution >= 4 is 11.8 Å². The van der Waals surface area contributed by atoms with Gasteiger partial charge in [-0.2, -0.15) is 0 Å². The number of nitrogens with one attached hydrogen (secondary N) is 2. The quantitative estimate of drug-likeness (QED) is 0.753. The Hall–Kier alpha value is -2.76. The normalized spacial score (nSPS) is 9.56. The molecule has 2 heterocycles. The minimum Gasteiger partial charge on any atom is -0.267 e. The first-order valence-corrected chi connectivity index (χ1v) is 5.18. The highest BCUT2D eigenvalue weighted by molar-refractivity contribution is 5.98. The number of aromatic nitrogens is 2. The molecule has 6 heteroatoms. The van der Waals surface area contributed by atoms with E-state index < -0.39 is 11.8 Å². The molecule has 2 rings (SSSR count). The van der Waals surface area contributed by atoms with Gasteiger partial charge in [-0.15, -0.1) is 0 Å². The Morgan fingerprint density at radius 3 is 1.61 bits per heavy atom. The third kappa shape index (κ3) is 2.88. The Labute approximate surface area is 103 Å². The van der Waals surface area contributed by atoms with E-state index >= 15 is 0 Å². The lowest BCUT2D eigenvalue weighted by Crippen LogP contribution is -2.41. The second kappa shape index (κ2) is 5.53. The molecular formula is C12H10N4O2. The number of amides is 2. The lowest BCUT2D eigenvalue weighted by Gasteiger charge is -2.06. The van der Waals surface area contributed by atoms with Gasteiger partial charge in [0.15, 0.2) is 0 Å².